The Hall–Kier alpha value is 1.62. The van der Waals surface area contributed by atoms with Crippen LogP contribution in [-0.2, 0) is 3.74 Å². The van der Waals surface area contributed by atoms with Gasteiger partial charge in [0.05, 0.1) is 0 Å². The van der Waals surface area contributed by atoms with Crippen molar-refractivity contribution in [2.24, 2.45) is 0 Å². The zero-order valence-electron chi connectivity index (χ0n) is 2.58. The van der Waals surface area contributed by atoms with E-state index in [2.05, 4.69) is 0 Å². The van der Waals surface area contributed by atoms with Crippen LogP contribution in [0.15, 0.2) is 0 Å². The van der Waals surface area contributed by atoms with Gasteiger partial charge in [-0.25, -0.2) is 0 Å². The molecule has 0 amide bonds. The molecule has 1 radical (unpaired) electrons. The van der Waals surface area contributed by atoms with E-state index in [-0.39, 0.29) is 41.7 Å². The molecule has 0 aliphatic heterocycles. The van der Waals surface area contributed by atoms with Crippen molar-refractivity contribution in [1.82, 2.24) is 0 Å². The van der Waals surface area contributed by atoms with E-state index < -0.39 is 14.5 Å². The summed E-state index contributed by atoms with van der Waals surface area (Å²) in [5.41, 5.74) is 0. The van der Waals surface area contributed by atoms with Crippen molar-refractivity contribution >= 4 is 14.5 Å². The van der Waals surface area contributed by atoms with Crippen LogP contribution in [0.3, 0.4) is 0 Å². The van der Waals surface area contributed by atoms with Crippen LogP contribution in [0.2, 0.25) is 0 Å². The minimum Gasteiger partial charge on any atom is 3.00 e. The fourth-order valence-corrected chi connectivity index (χ4v) is 0. The largest absolute Gasteiger partial charge is 3.00 e. The van der Waals surface area contributed by atoms with E-state index >= 15 is 0 Å². The average Bonchev–Trinajstić information content (AvgIpc) is 0.722. The Morgan fingerprint density at radius 3 is 1.17 bits per heavy atom. The van der Waals surface area contributed by atoms with E-state index in [0.29, 0.717) is 0 Å². The second kappa shape index (κ2) is 3.60. The van der Waals surface area contributed by atoms with Crippen molar-refractivity contribution < 1.29 is 57.8 Å². The Morgan fingerprint density at radius 2 is 1.17 bits per heavy atom. The molecule has 0 aliphatic carbocycles. The summed E-state index contributed by atoms with van der Waals surface area (Å²) in [6.45, 7) is 0. The molecule has 0 rings (SSSR count). The maximum absolute atomic E-state index is 8.61. The molecule has 0 saturated heterocycles. The van der Waals surface area contributed by atoms with Crippen LogP contribution in [0, 0.1) is 41.7 Å². The third kappa shape index (κ3) is 45.8. The van der Waals surface area contributed by atoms with Crippen LogP contribution in [0.5, 0.6) is 0 Å². The van der Waals surface area contributed by atoms with Gasteiger partial charge in [0.1, 0.15) is 0 Å². The van der Waals surface area contributed by atoms with Gasteiger partial charge in [0.15, 0.2) is 0 Å². The van der Waals surface area contributed by atoms with Crippen molar-refractivity contribution in [2.45, 2.75) is 0 Å². The molecule has 0 bridgehead atoms. The average molecular weight is 279 g/mol. The maximum atomic E-state index is 8.61. The summed E-state index contributed by atoms with van der Waals surface area (Å²) in [6.07, 6.45) is 0. The van der Waals surface area contributed by atoms with Crippen LogP contribution >= 0.6 is 0 Å². The smallest absolute Gasteiger partial charge is 3.00 e. The summed E-state index contributed by atoms with van der Waals surface area (Å²) in [4.78, 5) is 0. The van der Waals surface area contributed by atoms with Gasteiger partial charge < -0.3 is 0 Å². The van der Waals surface area contributed by atoms with Crippen LogP contribution in [-0.4, -0.2) is 14.5 Å². The predicted molar refractivity (Wildman–Crippen MR) is 6.44 cm³/mol. The van der Waals surface area contributed by atoms with Gasteiger partial charge in [0.25, 0.3) is 0 Å². The molecule has 33 valence electrons. The first-order valence-corrected chi connectivity index (χ1v) is 3.79. The molecule has 0 atom stereocenters. The molecule has 0 heterocycles. The molecule has 0 aliphatic rings. The van der Waals surface area contributed by atoms with Crippen molar-refractivity contribution in [2.75, 3.05) is 0 Å². The fourth-order valence-electron chi connectivity index (χ4n) is 0. The van der Waals surface area contributed by atoms with E-state index in [4.69, 9.17) is 16.0 Å². The molecule has 0 spiro atoms. The molecule has 0 N–H and O–H groups in total. The quantitative estimate of drug-likeness (QED) is 0.422. The minimum absolute atomic E-state index is 0. The summed E-state index contributed by atoms with van der Waals surface area (Å²) in [5.74, 6) is 0. The zero-order valence-corrected chi connectivity index (χ0v) is 7.60. The van der Waals surface area contributed by atoms with Crippen molar-refractivity contribution in [3.05, 3.63) is 0 Å². The molecule has 0 unspecified atom stereocenters. The van der Waals surface area contributed by atoms with E-state index in [1.54, 1.807) is 0 Å². The standard InChI is InChI=1S/AsH3O4.Ce/c2-1(3,4)5;/h(H3,2,3,4,5);/q;+3/p-3. The summed E-state index contributed by atoms with van der Waals surface area (Å²) in [5, 5.41) is 0. The van der Waals surface area contributed by atoms with Crippen LogP contribution in [0.1, 0.15) is 0 Å². The minimum atomic E-state index is -5.88. The van der Waals surface area contributed by atoms with Crippen LogP contribution in [0.25, 0.3) is 0 Å². The van der Waals surface area contributed by atoms with E-state index in [1.807, 2.05) is 0 Å². The first kappa shape index (κ1) is 10.6. The predicted octanol–water partition coefficient (Wildman–Crippen LogP) is -4.07. The van der Waals surface area contributed by atoms with Crippen LogP contribution in [0.4, 0.5) is 0 Å². The number of rotatable bonds is 0. The molecule has 0 aromatic carbocycles. The second-order valence-electron chi connectivity index (χ2n) is 0.447. The zero-order chi connectivity index (χ0) is 4.50. The Balaban J connectivity index is 0. The molecule has 0 saturated carbocycles. The van der Waals surface area contributed by atoms with Gasteiger partial charge in [-0.2, -0.15) is 0 Å². The molecule has 6 heteroatoms. The normalized spacial score (nSPS) is 9.83. The van der Waals surface area contributed by atoms with E-state index in [1.165, 1.54) is 0 Å². The summed E-state index contributed by atoms with van der Waals surface area (Å²) in [6, 6.07) is 0. The SMILES string of the molecule is O=[As]([O-])([O-])[O-].[Ce+3]. The van der Waals surface area contributed by atoms with Gasteiger partial charge in [-0.3, -0.25) is 0 Å². The van der Waals surface area contributed by atoms with Crippen molar-refractivity contribution in [3.63, 3.8) is 0 Å². The fraction of sp³-hybridized carbons (Fsp3) is 0. The first-order chi connectivity index (χ1) is 2.00. The summed E-state index contributed by atoms with van der Waals surface area (Å²) < 4.78 is 34.4. The van der Waals surface area contributed by atoms with Gasteiger partial charge in [-0.1, -0.05) is 0 Å². The Kier molecular flexibility index (Phi) is 6.34. The summed E-state index contributed by atoms with van der Waals surface area (Å²) >= 11 is -5.88. The van der Waals surface area contributed by atoms with Gasteiger partial charge in [0, 0.05) is 0 Å². The summed E-state index contributed by atoms with van der Waals surface area (Å²) in [7, 11) is 0. The van der Waals surface area contributed by atoms with Gasteiger partial charge in [-0.05, 0) is 0 Å². The monoisotopic (exact) mass is 279 g/mol. The second-order valence-corrected chi connectivity index (χ2v) is 2.32. The molecular weight excluding hydrogens is 279 g/mol. The van der Waals surface area contributed by atoms with Crippen LogP contribution < -0.4 is 12.3 Å². The molecule has 0 fully saturated rings. The number of hydrogen-bond donors (Lipinski definition) is 0. The van der Waals surface area contributed by atoms with Gasteiger partial charge in [-0.15, -0.1) is 0 Å². The van der Waals surface area contributed by atoms with E-state index in [9.17, 15) is 0 Å². The maximum Gasteiger partial charge on any atom is 3.00 e. The van der Waals surface area contributed by atoms with Gasteiger partial charge in [0.2, 0.25) is 0 Å². The Labute approximate surface area is 71.3 Å². The molecular formula is AsCeO4. The molecule has 6 heavy (non-hydrogen) atoms. The number of hydrogen-bond acceptors (Lipinski definition) is 4. The Morgan fingerprint density at radius 1 is 1.17 bits per heavy atom. The Bertz CT molecular complexity index is 53.7. The first-order valence-electron chi connectivity index (χ1n) is 0.730. The third-order valence-electron chi connectivity index (χ3n) is 0. The molecule has 4 nitrogen and oxygen atoms in total. The molecule has 0 aromatic rings. The molecule has 0 aromatic heterocycles. The van der Waals surface area contributed by atoms with E-state index in [0.717, 1.165) is 0 Å². The van der Waals surface area contributed by atoms with Crippen molar-refractivity contribution in [1.29, 1.82) is 0 Å². The van der Waals surface area contributed by atoms with Crippen molar-refractivity contribution in [3.8, 4) is 0 Å². The van der Waals surface area contributed by atoms with Gasteiger partial charge >= 0.3 is 72.3 Å². The third-order valence-corrected chi connectivity index (χ3v) is 0. The topological polar surface area (TPSA) is 86.2 Å².